The fourth-order valence-corrected chi connectivity index (χ4v) is 1.58. The van der Waals surface area contributed by atoms with E-state index in [2.05, 4.69) is 5.92 Å². The van der Waals surface area contributed by atoms with Crippen LogP contribution < -0.4 is 4.74 Å². The lowest BCUT2D eigenvalue weighted by Crippen LogP contribution is -2.07. The third-order valence-electron chi connectivity index (χ3n) is 2.51. The summed E-state index contributed by atoms with van der Waals surface area (Å²) in [5.41, 5.74) is -0.197. The van der Waals surface area contributed by atoms with Gasteiger partial charge < -0.3 is 4.74 Å². The maximum Gasteiger partial charge on any atom is 0.416 e. The lowest BCUT2D eigenvalue weighted by molar-refractivity contribution is -0.137. The Bertz CT molecular complexity index is 429. The maximum absolute atomic E-state index is 12.6. The van der Waals surface area contributed by atoms with E-state index in [0.29, 0.717) is 17.7 Å². The quantitative estimate of drug-likeness (QED) is 0.732. The maximum atomic E-state index is 12.6. The van der Waals surface area contributed by atoms with Crippen LogP contribution in [0.25, 0.3) is 0 Å². The Morgan fingerprint density at radius 2 is 2.06 bits per heavy atom. The number of terminal acetylenes is 1. The first-order chi connectivity index (χ1) is 7.90. The average molecular weight is 242 g/mol. The highest BCUT2D eigenvalue weighted by Gasteiger charge is 2.31. The van der Waals surface area contributed by atoms with Crippen molar-refractivity contribution >= 4 is 0 Å². The Morgan fingerprint density at radius 1 is 1.41 bits per heavy atom. The number of alkyl halides is 3. The molecule has 0 aliphatic heterocycles. The van der Waals surface area contributed by atoms with Gasteiger partial charge in [-0.3, -0.25) is 0 Å². The summed E-state index contributed by atoms with van der Waals surface area (Å²) < 4.78 is 42.8. The number of hydrogen-bond donors (Lipinski definition) is 0. The Morgan fingerprint density at radius 3 is 2.53 bits per heavy atom. The zero-order chi connectivity index (χ0) is 13.1. The van der Waals surface area contributed by atoms with Gasteiger partial charge >= 0.3 is 6.18 Å². The minimum absolute atomic E-state index is 0.169. The summed E-state index contributed by atoms with van der Waals surface area (Å²) >= 11 is 0. The van der Waals surface area contributed by atoms with Gasteiger partial charge in [0.05, 0.1) is 12.7 Å². The zero-order valence-corrected chi connectivity index (χ0v) is 9.64. The summed E-state index contributed by atoms with van der Waals surface area (Å²) in [5, 5.41) is 0. The van der Waals surface area contributed by atoms with Crippen molar-refractivity contribution in [2.24, 2.45) is 0 Å². The highest BCUT2D eigenvalue weighted by molar-refractivity contribution is 5.41. The van der Waals surface area contributed by atoms with Crippen molar-refractivity contribution < 1.29 is 17.9 Å². The number of hydrogen-bond acceptors (Lipinski definition) is 1. The summed E-state index contributed by atoms with van der Waals surface area (Å²) in [6.07, 6.45) is 1.19. The van der Waals surface area contributed by atoms with E-state index in [1.807, 2.05) is 0 Å². The highest BCUT2D eigenvalue weighted by Crippen LogP contribution is 2.36. The van der Waals surface area contributed by atoms with Crippen molar-refractivity contribution in [3.8, 4) is 18.1 Å². The molecule has 0 fully saturated rings. The molecule has 0 saturated heterocycles. The second-order valence-electron chi connectivity index (χ2n) is 3.76. The highest BCUT2D eigenvalue weighted by atomic mass is 19.4. The summed E-state index contributed by atoms with van der Waals surface area (Å²) in [6, 6.07) is 3.43. The molecule has 0 amide bonds. The molecule has 0 saturated carbocycles. The smallest absolute Gasteiger partial charge is 0.416 e. The first-order valence-electron chi connectivity index (χ1n) is 5.08. The summed E-state index contributed by atoms with van der Waals surface area (Å²) in [7, 11) is 1.43. The van der Waals surface area contributed by atoms with Crippen LogP contribution in [0.15, 0.2) is 18.2 Å². The van der Waals surface area contributed by atoms with E-state index < -0.39 is 11.7 Å². The van der Waals surface area contributed by atoms with Gasteiger partial charge in [0.15, 0.2) is 0 Å². The molecule has 0 aliphatic rings. The topological polar surface area (TPSA) is 9.23 Å². The lowest BCUT2D eigenvalue weighted by Gasteiger charge is -2.16. The van der Waals surface area contributed by atoms with Gasteiger partial charge in [0, 0.05) is 6.42 Å². The van der Waals surface area contributed by atoms with E-state index >= 15 is 0 Å². The van der Waals surface area contributed by atoms with Crippen LogP contribution in [0, 0.1) is 12.3 Å². The third-order valence-corrected chi connectivity index (χ3v) is 2.51. The van der Waals surface area contributed by atoms with Crippen LogP contribution in [0.4, 0.5) is 13.2 Å². The monoisotopic (exact) mass is 242 g/mol. The van der Waals surface area contributed by atoms with Crippen LogP contribution in [0.3, 0.4) is 0 Å². The molecule has 0 heterocycles. The Balaban J connectivity index is 3.21. The van der Waals surface area contributed by atoms with E-state index in [9.17, 15) is 13.2 Å². The molecule has 1 nitrogen and oxygen atoms in total. The van der Waals surface area contributed by atoms with Crippen LogP contribution in [0.5, 0.6) is 5.75 Å². The molecule has 1 unspecified atom stereocenters. The molecular weight excluding hydrogens is 229 g/mol. The van der Waals surface area contributed by atoms with Gasteiger partial charge in [0.2, 0.25) is 0 Å². The first kappa shape index (κ1) is 13.4. The van der Waals surface area contributed by atoms with Crippen molar-refractivity contribution in [2.45, 2.75) is 25.4 Å². The summed E-state index contributed by atoms with van der Waals surface area (Å²) in [4.78, 5) is 0. The van der Waals surface area contributed by atoms with Gasteiger partial charge in [-0.2, -0.15) is 13.2 Å². The van der Waals surface area contributed by atoms with Gasteiger partial charge in [-0.25, -0.2) is 0 Å². The molecular formula is C13H13F3O. The second-order valence-corrected chi connectivity index (χ2v) is 3.76. The zero-order valence-electron chi connectivity index (χ0n) is 9.64. The largest absolute Gasteiger partial charge is 0.496 e. The Kier molecular flexibility index (Phi) is 4.06. The number of rotatable bonds is 3. The summed E-state index contributed by atoms with van der Waals surface area (Å²) in [6.45, 7) is 1.78. The van der Waals surface area contributed by atoms with E-state index in [0.717, 1.165) is 12.1 Å². The molecule has 0 radical (unpaired) electrons. The van der Waals surface area contributed by atoms with E-state index in [1.54, 1.807) is 6.92 Å². The fourth-order valence-electron chi connectivity index (χ4n) is 1.58. The van der Waals surface area contributed by atoms with E-state index in [4.69, 9.17) is 11.2 Å². The SMILES string of the molecule is C#CCC(C)c1cc(C(F)(F)F)ccc1OC. The predicted molar refractivity (Wildman–Crippen MR) is 59.9 cm³/mol. The van der Waals surface area contributed by atoms with Gasteiger partial charge in [-0.15, -0.1) is 12.3 Å². The normalized spacial score (nSPS) is 12.9. The van der Waals surface area contributed by atoms with E-state index in [1.165, 1.54) is 13.2 Å². The molecule has 4 heteroatoms. The molecule has 1 aromatic carbocycles. The van der Waals surface area contributed by atoms with Crippen LogP contribution in [0.2, 0.25) is 0 Å². The molecule has 0 bridgehead atoms. The number of methoxy groups -OCH3 is 1. The van der Waals surface area contributed by atoms with Gasteiger partial charge in [0.25, 0.3) is 0 Å². The van der Waals surface area contributed by atoms with Crippen LogP contribution in [-0.4, -0.2) is 7.11 Å². The minimum atomic E-state index is -4.35. The Hall–Kier alpha value is -1.63. The van der Waals surface area contributed by atoms with Crippen molar-refractivity contribution in [1.29, 1.82) is 0 Å². The van der Waals surface area contributed by atoms with Crippen molar-refractivity contribution in [1.82, 2.24) is 0 Å². The van der Waals surface area contributed by atoms with Gasteiger partial charge in [0.1, 0.15) is 5.75 Å². The van der Waals surface area contributed by atoms with E-state index in [-0.39, 0.29) is 5.92 Å². The first-order valence-corrected chi connectivity index (χ1v) is 5.08. The minimum Gasteiger partial charge on any atom is -0.496 e. The second kappa shape index (κ2) is 5.13. The van der Waals surface area contributed by atoms with Crippen molar-refractivity contribution in [3.63, 3.8) is 0 Å². The lowest BCUT2D eigenvalue weighted by atomic mass is 9.95. The molecule has 17 heavy (non-hydrogen) atoms. The molecule has 0 aromatic heterocycles. The fraction of sp³-hybridized carbons (Fsp3) is 0.385. The van der Waals surface area contributed by atoms with Gasteiger partial charge in [-0.05, 0) is 29.7 Å². The molecule has 1 aromatic rings. The van der Waals surface area contributed by atoms with Crippen molar-refractivity contribution in [3.05, 3.63) is 29.3 Å². The summed E-state index contributed by atoms with van der Waals surface area (Å²) in [5.74, 6) is 2.70. The predicted octanol–water partition coefficient (Wildman–Crippen LogP) is 3.84. The number of ether oxygens (including phenoxy) is 1. The standard InChI is InChI=1S/C13H13F3O/c1-4-5-9(2)11-8-10(13(14,15)16)6-7-12(11)17-3/h1,6-9H,5H2,2-3H3. The Labute approximate surface area is 98.6 Å². The number of benzene rings is 1. The van der Waals surface area contributed by atoms with Gasteiger partial charge in [-0.1, -0.05) is 6.92 Å². The van der Waals surface area contributed by atoms with Crippen LogP contribution in [-0.2, 0) is 6.18 Å². The average Bonchev–Trinajstić information content (AvgIpc) is 2.27. The molecule has 0 N–H and O–H groups in total. The third kappa shape index (κ3) is 3.16. The molecule has 0 spiro atoms. The number of halogens is 3. The van der Waals surface area contributed by atoms with Crippen molar-refractivity contribution in [2.75, 3.05) is 7.11 Å². The molecule has 0 aliphatic carbocycles. The van der Waals surface area contributed by atoms with Crippen LogP contribution >= 0.6 is 0 Å². The van der Waals surface area contributed by atoms with Crippen LogP contribution in [0.1, 0.15) is 30.4 Å². The molecule has 1 atom stereocenters. The molecule has 92 valence electrons. The molecule has 1 rings (SSSR count).